The first-order chi connectivity index (χ1) is 13.8. The van der Waals surface area contributed by atoms with Gasteiger partial charge in [-0.25, -0.2) is 4.98 Å². The minimum absolute atomic E-state index is 0.139. The number of nitrogens with two attached hydrogens (primary N) is 1. The minimum Gasteiger partial charge on any atom is -0.477 e. The van der Waals surface area contributed by atoms with E-state index in [2.05, 4.69) is 20.1 Å². The number of hydrogen-bond donors (Lipinski definition) is 1. The Morgan fingerprint density at radius 2 is 2.10 bits per heavy atom. The molecule has 0 amide bonds. The average Bonchev–Trinajstić information content (AvgIpc) is 3.35. The molecule has 29 heavy (non-hydrogen) atoms. The summed E-state index contributed by atoms with van der Waals surface area (Å²) >= 11 is 0. The predicted octanol–water partition coefficient (Wildman–Crippen LogP) is 2.98. The van der Waals surface area contributed by atoms with E-state index >= 15 is 0 Å². The van der Waals surface area contributed by atoms with E-state index in [1.165, 1.54) is 0 Å². The van der Waals surface area contributed by atoms with Crippen molar-refractivity contribution >= 4 is 5.82 Å². The van der Waals surface area contributed by atoms with Gasteiger partial charge in [-0.3, -0.25) is 9.67 Å². The van der Waals surface area contributed by atoms with Crippen LogP contribution in [0.3, 0.4) is 0 Å². The first-order valence-corrected chi connectivity index (χ1v) is 9.06. The summed E-state index contributed by atoms with van der Waals surface area (Å²) < 4.78 is 46.8. The van der Waals surface area contributed by atoms with Gasteiger partial charge >= 0.3 is 6.18 Å². The fourth-order valence-corrected chi connectivity index (χ4v) is 3.23. The highest BCUT2D eigenvalue weighted by Gasteiger charge is 2.41. The molecule has 7 nitrogen and oxygen atoms in total. The maximum atomic E-state index is 13.1. The number of halogens is 3. The van der Waals surface area contributed by atoms with Crippen LogP contribution in [-0.2, 0) is 19.6 Å². The van der Waals surface area contributed by atoms with E-state index in [0.717, 1.165) is 17.7 Å². The molecule has 0 saturated heterocycles. The second-order valence-electron chi connectivity index (χ2n) is 7.08. The van der Waals surface area contributed by atoms with E-state index in [1.54, 1.807) is 30.3 Å². The quantitative estimate of drug-likeness (QED) is 0.679. The summed E-state index contributed by atoms with van der Waals surface area (Å²) in [5.41, 5.74) is 7.89. The van der Waals surface area contributed by atoms with Crippen molar-refractivity contribution in [2.45, 2.75) is 24.9 Å². The highest BCUT2D eigenvalue weighted by molar-refractivity contribution is 5.48. The Morgan fingerprint density at radius 3 is 2.76 bits per heavy atom. The van der Waals surface area contributed by atoms with Gasteiger partial charge in [0.2, 0.25) is 11.7 Å². The summed E-state index contributed by atoms with van der Waals surface area (Å²) in [6, 6.07) is 5.68. The van der Waals surface area contributed by atoms with Crippen molar-refractivity contribution < 1.29 is 17.9 Å². The van der Waals surface area contributed by atoms with Crippen molar-refractivity contribution in [1.82, 2.24) is 24.7 Å². The lowest BCUT2D eigenvalue weighted by molar-refractivity contribution is -0.145. The highest BCUT2D eigenvalue weighted by atomic mass is 19.4. The standard InChI is InChI=1S/C19H19F3N6O/c1-28-9-11(8-25-28)6-14-16(23)26-18(19(20,21)22)27-17(14)29-10-12-7-13(12)15-4-2-3-5-24-15/h2-5,8-9,12-13H,6-7,10H2,1H3,(H2,23,26,27). The molecule has 3 aromatic heterocycles. The predicted molar refractivity (Wildman–Crippen MR) is 98.0 cm³/mol. The molecule has 0 aromatic carbocycles. The van der Waals surface area contributed by atoms with Crippen molar-refractivity contribution in [2.75, 3.05) is 12.3 Å². The molecule has 0 bridgehead atoms. The Hall–Kier alpha value is -3.17. The molecular weight excluding hydrogens is 385 g/mol. The van der Waals surface area contributed by atoms with Gasteiger partial charge in [0.1, 0.15) is 5.82 Å². The smallest absolute Gasteiger partial charge is 0.451 e. The monoisotopic (exact) mass is 404 g/mol. The van der Waals surface area contributed by atoms with Crippen LogP contribution in [0.1, 0.15) is 35.0 Å². The van der Waals surface area contributed by atoms with Gasteiger partial charge in [-0.05, 0) is 24.1 Å². The van der Waals surface area contributed by atoms with E-state index in [9.17, 15) is 13.2 Å². The summed E-state index contributed by atoms with van der Waals surface area (Å²) in [5, 5.41) is 4.06. The van der Waals surface area contributed by atoms with E-state index in [0.29, 0.717) is 5.56 Å². The molecule has 10 heteroatoms. The fourth-order valence-electron chi connectivity index (χ4n) is 3.23. The van der Waals surface area contributed by atoms with Crippen LogP contribution < -0.4 is 10.5 Å². The molecule has 1 fully saturated rings. The molecule has 2 unspecified atom stereocenters. The largest absolute Gasteiger partial charge is 0.477 e. The second kappa shape index (κ2) is 7.34. The summed E-state index contributed by atoms with van der Waals surface area (Å²) in [4.78, 5) is 11.4. The maximum absolute atomic E-state index is 13.1. The average molecular weight is 404 g/mol. The van der Waals surface area contributed by atoms with Crippen molar-refractivity contribution in [3.63, 3.8) is 0 Å². The summed E-state index contributed by atoms with van der Waals surface area (Å²) in [6.07, 6.45) is 1.45. The van der Waals surface area contributed by atoms with Crippen LogP contribution >= 0.6 is 0 Å². The maximum Gasteiger partial charge on any atom is 0.451 e. The van der Waals surface area contributed by atoms with Gasteiger partial charge < -0.3 is 10.5 Å². The summed E-state index contributed by atoms with van der Waals surface area (Å²) in [7, 11) is 1.75. The van der Waals surface area contributed by atoms with Gasteiger partial charge in [0.25, 0.3) is 0 Å². The van der Waals surface area contributed by atoms with Crippen LogP contribution in [0.5, 0.6) is 5.88 Å². The Labute approximate surface area is 164 Å². The van der Waals surface area contributed by atoms with Crippen LogP contribution in [0.25, 0.3) is 0 Å². The van der Waals surface area contributed by atoms with Crippen LogP contribution in [0.4, 0.5) is 19.0 Å². The second-order valence-corrected chi connectivity index (χ2v) is 7.08. The number of rotatable bonds is 6. The number of nitrogen functional groups attached to an aromatic ring is 1. The van der Waals surface area contributed by atoms with Crippen molar-refractivity contribution in [3.8, 4) is 5.88 Å². The molecule has 1 aliphatic carbocycles. The topological polar surface area (TPSA) is 91.7 Å². The molecule has 0 spiro atoms. The van der Waals surface area contributed by atoms with E-state index in [4.69, 9.17) is 10.5 Å². The molecule has 2 N–H and O–H groups in total. The molecule has 0 aliphatic heterocycles. The van der Waals surface area contributed by atoms with Gasteiger partial charge in [0, 0.05) is 43.4 Å². The molecule has 1 saturated carbocycles. The molecule has 3 aromatic rings. The number of hydrogen-bond acceptors (Lipinski definition) is 6. The number of ether oxygens (including phenoxy) is 1. The zero-order valence-electron chi connectivity index (χ0n) is 15.6. The van der Waals surface area contributed by atoms with Gasteiger partial charge in [-0.15, -0.1) is 0 Å². The third-order valence-corrected chi connectivity index (χ3v) is 4.82. The Morgan fingerprint density at radius 1 is 1.28 bits per heavy atom. The SMILES string of the molecule is Cn1cc(Cc2c(N)nc(C(F)(F)F)nc2OCC2CC2c2ccccn2)cn1. The number of pyridine rings is 1. The lowest BCUT2D eigenvalue weighted by Crippen LogP contribution is -2.17. The lowest BCUT2D eigenvalue weighted by atomic mass is 10.1. The summed E-state index contributed by atoms with van der Waals surface area (Å²) in [5.74, 6) is -1.29. The van der Waals surface area contributed by atoms with Crippen molar-refractivity contribution in [1.29, 1.82) is 0 Å². The molecular formula is C19H19F3N6O. The summed E-state index contributed by atoms with van der Waals surface area (Å²) in [6.45, 7) is 0.231. The highest BCUT2D eigenvalue weighted by Crippen LogP contribution is 2.46. The zero-order valence-corrected chi connectivity index (χ0v) is 15.6. The van der Waals surface area contributed by atoms with Gasteiger partial charge in [-0.1, -0.05) is 6.07 Å². The molecule has 0 radical (unpaired) electrons. The number of aromatic nitrogens is 5. The van der Waals surface area contributed by atoms with Crippen molar-refractivity contribution in [2.24, 2.45) is 13.0 Å². The molecule has 152 valence electrons. The molecule has 1 aliphatic rings. The normalized spacial score (nSPS) is 18.6. The van der Waals surface area contributed by atoms with Crippen LogP contribution in [0.2, 0.25) is 0 Å². The fraction of sp³-hybridized carbons (Fsp3) is 0.368. The van der Waals surface area contributed by atoms with E-state index in [-0.39, 0.29) is 36.6 Å². The van der Waals surface area contributed by atoms with E-state index < -0.39 is 12.0 Å². The zero-order chi connectivity index (χ0) is 20.6. The van der Waals surface area contributed by atoms with E-state index in [1.807, 2.05) is 18.2 Å². The van der Waals surface area contributed by atoms with Crippen LogP contribution in [0, 0.1) is 5.92 Å². The van der Waals surface area contributed by atoms with Gasteiger partial charge in [0.05, 0.1) is 18.4 Å². The van der Waals surface area contributed by atoms with Gasteiger partial charge in [-0.2, -0.15) is 23.3 Å². The Bertz CT molecular complexity index is 1000. The number of alkyl halides is 3. The van der Waals surface area contributed by atoms with Crippen molar-refractivity contribution in [3.05, 3.63) is 59.4 Å². The number of aryl methyl sites for hydroxylation is 1. The Balaban J connectivity index is 1.55. The number of nitrogens with zero attached hydrogens (tertiary/aromatic N) is 5. The molecule has 4 rings (SSSR count). The van der Waals surface area contributed by atoms with Crippen LogP contribution in [-0.4, -0.2) is 31.3 Å². The third kappa shape index (κ3) is 4.30. The first kappa shape index (κ1) is 19.2. The number of anilines is 1. The van der Waals surface area contributed by atoms with Gasteiger partial charge in [0.15, 0.2) is 0 Å². The Kier molecular flexibility index (Phi) is 4.85. The van der Waals surface area contributed by atoms with Crippen LogP contribution in [0.15, 0.2) is 36.8 Å². The molecule has 2 atom stereocenters. The third-order valence-electron chi connectivity index (χ3n) is 4.82. The molecule has 3 heterocycles. The lowest BCUT2D eigenvalue weighted by Gasteiger charge is -2.14. The minimum atomic E-state index is -4.71. The first-order valence-electron chi connectivity index (χ1n) is 9.06.